The molecule has 1 aliphatic heterocycles. The van der Waals surface area contributed by atoms with Crippen molar-refractivity contribution in [3.05, 3.63) is 40.6 Å². The Morgan fingerprint density at radius 1 is 1.20 bits per heavy atom. The lowest BCUT2D eigenvalue weighted by atomic mass is 9.84. The fourth-order valence-corrected chi connectivity index (χ4v) is 3.70. The Kier molecular flexibility index (Phi) is 4.81. The zero-order valence-electron chi connectivity index (χ0n) is 16.8. The molecule has 1 aliphatic rings. The third kappa shape index (κ3) is 4.63. The fourth-order valence-electron chi connectivity index (χ4n) is 3.70. The molecule has 0 aliphatic carbocycles. The molecular formula is C21H32N2O2. The molecule has 0 aromatic heterocycles. The van der Waals surface area contributed by atoms with E-state index in [1.165, 1.54) is 0 Å². The fraction of sp³-hybridized carbons (Fsp3) is 0.571. The van der Waals surface area contributed by atoms with E-state index in [-0.39, 0.29) is 28.1 Å². The first-order valence-electron chi connectivity index (χ1n) is 8.87. The number of hydrogen-bond donors (Lipinski definition) is 3. The summed E-state index contributed by atoms with van der Waals surface area (Å²) < 4.78 is 0. The molecule has 4 nitrogen and oxygen atoms in total. The minimum atomic E-state index is -0.233. The van der Waals surface area contributed by atoms with Crippen LogP contribution in [0.2, 0.25) is 0 Å². The summed E-state index contributed by atoms with van der Waals surface area (Å²) >= 11 is 0. The van der Waals surface area contributed by atoms with Crippen molar-refractivity contribution in [2.45, 2.75) is 78.3 Å². The quantitative estimate of drug-likeness (QED) is 0.755. The number of phenolic OH excluding ortho intramolecular Hbond substituents is 1. The van der Waals surface area contributed by atoms with Gasteiger partial charge in [-0.15, -0.1) is 0 Å². The van der Waals surface area contributed by atoms with Crippen LogP contribution < -0.4 is 10.6 Å². The minimum absolute atomic E-state index is 0.0810. The molecule has 4 heteroatoms. The van der Waals surface area contributed by atoms with Gasteiger partial charge in [0.05, 0.1) is 0 Å². The van der Waals surface area contributed by atoms with Crippen molar-refractivity contribution in [1.29, 1.82) is 0 Å². The normalized spacial score (nSPS) is 19.3. The number of hydrogen-bond acceptors (Lipinski definition) is 3. The Hall–Kier alpha value is -1.81. The summed E-state index contributed by atoms with van der Waals surface area (Å²) in [6.45, 7) is 16.4. The van der Waals surface area contributed by atoms with Gasteiger partial charge in [0.2, 0.25) is 0 Å². The van der Waals surface area contributed by atoms with Gasteiger partial charge in [-0.2, -0.15) is 0 Å². The Labute approximate surface area is 151 Å². The molecule has 0 saturated carbocycles. The van der Waals surface area contributed by atoms with Crippen molar-refractivity contribution in [2.24, 2.45) is 0 Å². The summed E-state index contributed by atoms with van der Waals surface area (Å²) in [5.74, 6) is 0.140. The highest BCUT2D eigenvalue weighted by molar-refractivity contribution is 5.96. The lowest BCUT2D eigenvalue weighted by Gasteiger charge is -2.41. The number of amides is 1. The highest BCUT2D eigenvalue weighted by atomic mass is 16.3. The van der Waals surface area contributed by atoms with E-state index in [9.17, 15) is 9.90 Å². The van der Waals surface area contributed by atoms with Crippen molar-refractivity contribution in [2.75, 3.05) is 0 Å². The van der Waals surface area contributed by atoms with Crippen LogP contribution in [-0.4, -0.2) is 22.1 Å². The Morgan fingerprint density at radius 3 is 2.32 bits per heavy atom. The summed E-state index contributed by atoms with van der Waals surface area (Å²) in [7, 11) is 0. The molecule has 0 spiro atoms. The van der Waals surface area contributed by atoms with E-state index in [1.54, 1.807) is 12.1 Å². The molecule has 0 unspecified atom stereocenters. The van der Waals surface area contributed by atoms with E-state index in [2.05, 4.69) is 44.4 Å². The van der Waals surface area contributed by atoms with Gasteiger partial charge in [-0.25, -0.2) is 0 Å². The molecule has 1 heterocycles. The van der Waals surface area contributed by atoms with Crippen LogP contribution in [0.25, 0.3) is 0 Å². The summed E-state index contributed by atoms with van der Waals surface area (Å²) in [5, 5.41) is 17.0. The minimum Gasteiger partial charge on any atom is -0.507 e. The van der Waals surface area contributed by atoms with Crippen molar-refractivity contribution < 1.29 is 9.90 Å². The monoisotopic (exact) mass is 344 g/mol. The van der Waals surface area contributed by atoms with Crippen molar-refractivity contribution in [1.82, 2.24) is 10.6 Å². The molecule has 138 valence electrons. The molecular weight excluding hydrogens is 312 g/mol. The number of phenols is 1. The first-order chi connectivity index (χ1) is 11.2. The first kappa shape index (κ1) is 19.5. The van der Waals surface area contributed by atoms with Gasteiger partial charge in [0.25, 0.3) is 5.91 Å². The Bertz CT molecular complexity index is 722. The predicted octanol–water partition coefficient (Wildman–Crippen LogP) is 4.16. The van der Waals surface area contributed by atoms with Crippen LogP contribution in [-0.2, 0) is 5.41 Å². The number of nitrogens with one attached hydrogen (secondary N) is 2. The summed E-state index contributed by atoms with van der Waals surface area (Å²) in [4.78, 5) is 12.8. The van der Waals surface area contributed by atoms with Gasteiger partial charge in [0.1, 0.15) is 5.75 Å². The highest BCUT2D eigenvalue weighted by Crippen LogP contribution is 2.34. The third-order valence-electron chi connectivity index (χ3n) is 4.47. The zero-order valence-corrected chi connectivity index (χ0v) is 16.8. The summed E-state index contributed by atoms with van der Waals surface area (Å²) in [6.07, 6.45) is 2.83. The smallest absolute Gasteiger partial charge is 0.255 e. The second-order valence-corrected chi connectivity index (χ2v) is 9.47. The summed E-state index contributed by atoms with van der Waals surface area (Å²) in [5.41, 5.74) is 2.53. The molecule has 2 rings (SSSR count). The topological polar surface area (TPSA) is 61.4 Å². The molecule has 0 fully saturated rings. The largest absolute Gasteiger partial charge is 0.507 e. The molecule has 0 saturated heterocycles. The molecule has 0 atom stereocenters. The van der Waals surface area contributed by atoms with E-state index in [0.29, 0.717) is 5.56 Å². The predicted molar refractivity (Wildman–Crippen MR) is 103 cm³/mol. The molecule has 3 N–H and O–H groups in total. The van der Waals surface area contributed by atoms with Gasteiger partial charge in [-0.1, -0.05) is 20.8 Å². The number of benzene rings is 1. The number of aryl methyl sites for hydroxylation is 1. The second kappa shape index (κ2) is 6.17. The Morgan fingerprint density at radius 2 is 1.80 bits per heavy atom. The van der Waals surface area contributed by atoms with E-state index < -0.39 is 0 Å². The van der Waals surface area contributed by atoms with Crippen molar-refractivity contribution >= 4 is 5.91 Å². The lowest BCUT2D eigenvalue weighted by molar-refractivity contribution is 0.0960. The van der Waals surface area contributed by atoms with Gasteiger partial charge in [0.15, 0.2) is 0 Å². The Balaban J connectivity index is 2.33. The second-order valence-electron chi connectivity index (χ2n) is 9.47. The van der Waals surface area contributed by atoms with Crippen LogP contribution >= 0.6 is 0 Å². The van der Waals surface area contributed by atoms with Crippen LogP contribution in [0, 0.1) is 6.92 Å². The van der Waals surface area contributed by atoms with Crippen molar-refractivity contribution in [3.63, 3.8) is 0 Å². The van der Waals surface area contributed by atoms with E-state index in [1.807, 2.05) is 27.7 Å². The van der Waals surface area contributed by atoms with Crippen LogP contribution in [0.3, 0.4) is 0 Å². The number of carbonyl (C=O) groups excluding carboxylic acids is 1. The first-order valence-corrected chi connectivity index (χ1v) is 8.87. The molecule has 1 aromatic rings. The SMILES string of the molecule is Cc1cc(C(=O)NC2=CC(C)(C)NC(C)(C)C2)cc(C(C)(C)C)c1O. The number of carbonyl (C=O) groups is 1. The zero-order chi connectivity index (χ0) is 19.2. The van der Waals surface area contributed by atoms with E-state index >= 15 is 0 Å². The maximum atomic E-state index is 12.8. The molecule has 1 aromatic carbocycles. The number of aromatic hydroxyl groups is 1. The van der Waals surface area contributed by atoms with Gasteiger partial charge >= 0.3 is 0 Å². The van der Waals surface area contributed by atoms with Crippen LogP contribution in [0.1, 0.15) is 76.4 Å². The lowest BCUT2D eigenvalue weighted by Crippen LogP contribution is -2.55. The standard InChI is InChI=1S/C21H32N2O2/c1-13-9-14(10-16(17(13)24)19(2,3)4)18(25)22-15-11-20(5,6)23-21(7,8)12-15/h9-11,23-24H,12H2,1-8H3,(H,22,25). The van der Waals surface area contributed by atoms with Gasteiger partial charge in [0, 0.05) is 34.3 Å². The molecule has 0 radical (unpaired) electrons. The van der Waals surface area contributed by atoms with Crippen LogP contribution in [0.15, 0.2) is 23.9 Å². The molecule has 0 bridgehead atoms. The van der Waals surface area contributed by atoms with Gasteiger partial charge < -0.3 is 15.7 Å². The average molecular weight is 344 g/mol. The van der Waals surface area contributed by atoms with Gasteiger partial charge in [-0.05, 0) is 63.8 Å². The third-order valence-corrected chi connectivity index (χ3v) is 4.47. The van der Waals surface area contributed by atoms with Crippen LogP contribution in [0.4, 0.5) is 0 Å². The van der Waals surface area contributed by atoms with E-state index in [0.717, 1.165) is 23.2 Å². The molecule has 1 amide bonds. The maximum absolute atomic E-state index is 12.8. The average Bonchev–Trinajstić information content (AvgIpc) is 2.36. The maximum Gasteiger partial charge on any atom is 0.255 e. The van der Waals surface area contributed by atoms with E-state index in [4.69, 9.17) is 0 Å². The molecule has 25 heavy (non-hydrogen) atoms. The summed E-state index contributed by atoms with van der Waals surface area (Å²) in [6, 6.07) is 3.55. The van der Waals surface area contributed by atoms with Gasteiger partial charge in [-0.3, -0.25) is 4.79 Å². The highest BCUT2D eigenvalue weighted by Gasteiger charge is 2.33. The number of rotatable bonds is 2. The van der Waals surface area contributed by atoms with Crippen LogP contribution in [0.5, 0.6) is 5.75 Å². The van der Waals surface area contributed by atoms with Crippen molar-refractivity contribution in [3.8, 4) is 5.75 Å².